The number of hydrogen-bond acceptors (Lipinski definition) is 5. The summed E-state index contributed by atoms with van der Waals surface area (Å²) in [6, 6.07) is 0. The molecule has 0 aliphatic carbocycles. The van der Waals surface area contributed by atoms with Gasteiger partial charge in [0, 0.05) is 25.5 Å². The minimum atomic E-state index is 0.484. The Morgan fingerprint density at radius 2 is 2.31 bits per heavy atom. The molecule has 0 aliphatic heterocycles. The monoisotopic (exact) mass is 220 g/mol. The van der Waals surface area contributed by atoms with Crippen molar-refractivity contribution in [3.05, 3.63) is 18.6 Å². The maximum atomic E-state index is 5.71. The second kappa shape index (κ2) is 4.36. The fourth-order valence-corrected chi connectivity index (χ4v) is 1.47. The van der Waals surface area contributed by atoms with Crippen molar-refractivity contribution in [3.8, 4) is 0 Å². The number of aromatic nitrogens is 3. The van der Waals surface area contributed by atoms with Gasteiger partial charge in [-0.05, 0) is 14.1 Å². The van der Waals surface area contributed by atoms with E-state index in [1.165, 1.54) is 0 Å². The molecular weight excluding hydrogens is 204 g/mol. The Kier molecular flexibility index (Phi) is 2.91. The third kappa shape index (κ3) is 2.22. The zero-order valence-electron chi connectivity index (χ0n) is 9.51. The number of rotatable bonds is 4. The summed E-state index contributed by atoms with van der Waals surface area (Å²) in [5.74, 6) is 1.21. The van der Waals surface area contributed by atoms with Crippen molar-refractivity contribution < 1.29 is 0 Å². The van der Waals surface area contributed by atoms with E-state index < -0.39 is 0 Å². The number of anilines is 2. The summed E-state index contributed by atoms with van der Waals surface area (Å²) in [4.78, 5) is 10.6. The van der Waals surface area contributed by atoms with Gasteiger partial charge in [-0.15, -0.1) is 0 Å². The van der Waals surface area contributed by atoms with E-state index in [0.717, 1.165) is 24.6 Å². The van der Waals surface area contributed by atoms with Gasteiger partial charge in [0.2, 0.25) is 0 Å². The van der Waals surface area contributed by atoms with Gasteiger partial charge in [0.05, 0.1) is 6.20 Å². The predicted octanol–water partition coefficient (Wildman–Crippen LogP) is 0.285. The van der Waals surface area contributed by atoms with Gasteiger partial charge in [-0.1, -0.05) is 0 Å². The van der Waals surface area contributed by atoms with E-state index >= 15 is 0 Å². The molecular formula is C10H16N6. The minimum Gasteiger partial charge on any atom is -0.382 e. The van der Waals surface area contributed by atoms with Crippen LogP contribution in [-0.4, -0.2) is 46.5 Å². The van der Waals surface area contributed by atoms with Gasteiger partial charge < -0.3 is 20.4 Å². The van der Waals surface area contributed by atoms with Crippen LogP contribution in [0.2, 0.25) is 0 Å². The first-order chi connectivity index (χ1) is 7.66. The van der Waals surface area contributed by atoms with Crippen molar-refractivity contribution in [2.75, 3.05) is 38.2 Å². The summed E-state index contributed by atoms with van der Waals surface area (Å²) in [5, 5.41) is 3.23. The lowest BCUT2D eigenvalue weighted by Crippen LogP contribution is -2.21. The number of likely N-dealkylation sites (N-methyl/N-ethyl adjacent to an activating group) is 1. The summed E-state index contributed by atoms with van der Waals surface area (Å²) in [6.45, 7) is 1.75. The fourth-order valence-electron chi connectivity index (χ4n) is 1.47. The van der Waals surface area contributed by atoms with Crippen molar-refractivity contribution in [1.82, 2.24) is 19.3 Å². The maximum absolute atomic E-state index is 5.71. The molecule has 2 rings (SSSR count). The molecule has 0 radical (unpaired) electrons. The molecule has 0 amide bonds. The number of imidazole rings is 1. The molecule has 3 N–H and O–H groups in total. The highest BCUT2D eigenvalue weighted by Crippen LogP contribution is 2.13. The molecule has 0 spiro atoms. The van der Waals surface area contributed by atoms with E-state index in [1.807, 2.05) is 24.7 Å². The van der Waals surface area contributed by atoms with Crippen molar-refractivity contribution in [2.24, 2.45) is 0 Å². The van der Waals surface area contributed by atoms with E-state index in [2.05, 4.69) is 20.2 Å². The Hall–Kier alpha value is -1.82. The molecule has 0 saturated carbocycles. The fraction of sp³-hybridized carbons (Fsp3) is 0.400. The highest BCUT2D eigenvalue weighted by molar-refractivity contribution is 5.64. The largest absolute Gasteiger partial charge is 0.382 e. The molecule has 0 bridgehead atoms. The third-order valence-electron chi connectivity index (χ3n) is 2.24. The molecule has 2 aromatic heterocycles. The summed E-state index contributed by atoms with van der Waals surface area (Å²) < 4.78 is 1.86. The standard InChI is InChI=1S/C10H16N6/c1-15(2)5-3-12-9-10-13-4-6-16(10)7-8(11)14-9/h4,6-7H,3,5,11H2,1-2H3,(H,12,14). The summed E-state index contributed by atoms with van der Waals surface area (Å²) in [6.07, 6.45) is 5.33. The molecule has 0 aliphatic rings. The first-order valence-electron chi connectivity index (χ1n) is 5.14. The van der Waals surface area contributed by atoms with Crippen LogP contribution in [0, 0.1) is 0 Å². The van der Waals surface area contributed by atoms with E-state index in [1.54, 1.807) is 12.4 Å². The van der Waals surface area contributed by atoms with Crippen LogP contribution < -0.4 is 11.1 Å². The zero-order chi connectivity index (χ0) is 11.5. The summed E-state index contributed by atoms with van der Waals surface area (Å²) >= 11 is 0. The predicted molar refractivity (Wildman–Crippen MR) is 64.4 cm³/mol. The maximum Gasteiger partial charge on any atom is 0.180 e. The van der Waals surface area contributed by atoms with Gasteiger partial charge in [0.25, 0.3) is 0 Å². The molecule has 0 atom stereocenters. The third-order valence-corrected chi connectivity index (χ3v) is 2.24. The topological polar surface area (TPSA) is 71.5 Å². The first kappa shape index (κ1) is 10.7. The van der Waals surface area contributed by atoms with Crippen LogP contribution in [0.15, 0.2) is 18.6 Å². The smallest absolute Gasteiger partial charge is 0.180 e. The Bertz CT molecular complexity index is 475. The molecule has 6 nitrogen and oxygen atoms in total. The Labute approximate surface area is 94.1 Å². The Morgan fingerprint density at radius 1 is 1.50 bits per heavy atom. The van der Waals surface area contributed by atoms with E-state index in [9.17, 15) is 0 Å². The van der Waals surface area contributed by atoms with Crippen LogP contribution in [0.4, 0.5) is 11.6 Å². The average molecular weight is 220 g/mol. The van der Waals surface area contributed by atoms with Crippen LogP contribution in [0.3, 0.4) is 0 Å². The van der Waals surface area contributed by atoms with Gasteiger partial charge in [-0.3, -0.25) is 0 Å². The van der Waals surface area contributed by atoms with E-state index in [4.69, 9.17) is 5.73 Å². The van der Waals surface area contributed by atoms with Gasteiger partial charge in [0.1, 0.15) is 5.82 Å². The van der Waals surface area contributed by atoms with Gasteiger partial charge in [-0.2, -0.15) is 0 Å². The number of fused-ring (bicyclic) bond motifs is 1. The van der Waals surface area contributed by atoms with Crippen LogP contribution in [0.5, 0.6) is 0 Å². The molecule has 0 fully saturated rings. The molecule has 0 unspecified atom stereocenters. The SMILES string of the molecule is CN(C)CCNc1nc(N)cn2ccnc12. The highest BCUT2D eigenvalue weighted by Gasteiger charge is 2.05. The normalized spacial score (nSPS) is 11.2. The van der Waals surface area contributed by atoms with Crippen LogP contribution >= 0.6 is 0 Å². The van der Waals surface area contributed by atoms with Crippen molar-refractivity contribution in [2.45, 2.75) is 0 Å². The quantitative estimate of drug-likeness (QED) is 0.774. The second-order valence-electron chi connectivity index (χ2n) is 3.90. The van der Waals surface area contributed by atoms with Crippen LogP contribution in [0.1, 0.15) is 0 Å². The van der Waals surface area contributed by atoms with Gasteiger partial charge in [-0.25, -0.2) is 9.97 Å². The molecule has 0 aromatic carbocycles. The number of nitrogens with one attached hydrogen (secondary N) is 1. The Morgan fingerprint density at radius 3 is 3.06 bits per heavy atom. The number of nitrogen functional groups attached to an aromatic ring is 1. The molecule has 16 heavy (non-hydrogen) atoms. The first-order valence-corrected chi connectivity index (χ1v) is 5.14. The van der Waals surface area contributed by atoms with Gasteiger partial charge >= 0.3 is 0 Å². The van der Waals surface area contributed by atoms with Crippen molar-refractivity contribution >= 4 is 17.3 Å². The summed E-state index contributed by atoms with van der Waals surface area (Å²) in [5.41, 5.74) is 6.50. The highest BCUT2D eigenvalue weighted by atomic mass is 15.1. The van der Waals surface area contributed by atoms with Crippen LogP contribution in [0.25, 0.3) is 5.65 Å². The molecule has 2 heterocycles. The van der Waals surface area contributed by atoms with Crippen LogP contribution in [-0.2, 0) is 0 Å². The van der Waals surface area contributed by atoms with E-state index in [-0.39, 0.29) is 0 Å². The molecule has 6 heteroatoms. The zero-order valence-corrected chi connectivity index (χ0v) is 9.51. The Balaban J connectivity index is 2.19. The lowest BCUT2D eigenvalue weighted by atomic mass is 10.5. The lowest BCUT2D eigenvalue weighted by Gasteiger charge is -2.11. The number of hydrogen-bond donors (Lipinski definition) is 2. The summed E-state index contributed by atoms with van der Waals surface area (Å²) in [7, 11) is 4.05. The van der Waals surface area contributed by atoms with Gasteiger partial charge in [0.15, 0.2) is 11.5 Å². The number of nitrogens with zero attached hydrogens (tertiary/aromatic N) is 4. The minimum absolute atomic E-state index is 0.484. The van der Waals surface area contributed by atoms with Crippen molar-refractivity contribution in [1.29, 1.82) is 0 Å². The van der Waals surface area contributed by atoms with Crippen molar-refractivity contribution in [3.63, 3.8) is 0 Å². The second-order valence-corrected chi connectivity index (χ2v) is 3.90. The number of nitrogens with two attached hydrogens (primary N) is 1. The van der Waals surface area contributed by atoms with E-state index in [0.29, 0.717) is 5.82 Å². The lowest BCUT2D eigenvalue weighted by molar-refractivity contribution is 0.425. The average Bonchev–Trinajstić information content (AvgIpc) is 2.64. The molecule has 0 saturated heterocycles. The molecule has 2 aromatic rings. The molecule has 86 valence electrons.